The Morgan fingerprint density at radius 3 is 2.48 bits per heavy atom. The third-order valence-electron chi connectivity index (χ3n) is 6.74. The van der Waals surface area contributed by atoms with Crippen molar-refractivity contribution >= 4 is 17.8 Å². The molecule has 2 aliphatic rings. The van der Waals surface area contributed by atoms with Gasteiger partial charge in [-0.05, 0) is 75.1 Å². The third kappa shape index (κ3) is 3.19. The summed E-state index contributed by atoms with van der Waals surface area (Å²) in [5, 5.41) is 2.93. The molecule has 0 bridgehead atoms. The zero-order valence-corrected chi connectivity index (χ0v) is 17.7. The van der Waals surface area contributed by atoms with Crippen molar-refractivity contribution in [2.24, 2.45) is 0 Å². The summed E-state index contributed by atoms with van der Waals surface area (Å²) in [4.78, 5) is 2.34. The van der Waals surface area contributed by atoms with Crippen LogP contribution < -0.4 is 15.3 Å². The van der Waals surface area contributed by atoms with Crippen molar-refractivity contribution in [1.29, 1.82) is 0 Å². The van der Waals surface area contributed by atoms with Crippen LogP contribution in [-0.4, -0.2) is 7.05 Å². The second kappa shape index (κ2) is 6.91. The van der Waals surface area contributed by atoms with E-state index in [1.807, 2.05) is 0 Å². The molecule has 0 radical (unpaired) electrons. The Morgan fingerprint density at radius 2 is 1.66 bits per heavy atom. The van der Waals surface area contributed by atoms with Crippen LogP contribution in [0.15, 0.2) is 60.7 Å². The van der Waals surface area contributed by atoms with Crippen LogP contribution in [0.5, 0.6) is 0 Å². The van der Waals surface area contributed by atoms with Crippen molar-refractivity contribution in [3.8, 4) is 11.1 Å². The molecule has 0 N–H and O–H groups in total. The van der Waals surface area contributed by atoms with Crippen LogP contribution in [0.25, 0.3) is 23.3 Å². The van der Waals surface area contributed by atoms with E-state index in [4.69, 9.17) is 0 Å². The van der Waals surface area contributed by atoms with Gasteiger partial charge in [-0.15, -0.1) is 0 Å². The van der Waals surface area contributed by atoms with Crippen molar-refractivity contribution in [3.63, 3.8) is 0 Å². The lowest BCUT2D eigenvalue weighted by molar-refractivity contribution is 0.477. The predicted octanol–water partition coefficient (Wildman–Crippen LogP) is 5.18. The summed E-state index contributed by atoms with van der Waals surface area (Å²) >= 11 is 0. The van der Waals surface area contributed by atoms with Gasteiger partial charge >= 0.3 is 0 Å². The lowest BCUT2D eigenvalue weighted by Crippen LogP contribution is -2.40. The number of fused-ring (bicyclic) bond motifs is 5. The second-order valence-corrected chi connectivity index (χ2v) is 9.21. The lowest BCUT2D eigenvalue weighted by Gasteiger charge is -2.30. The number of anilines is 1. The molecular formula is C28H29N. The normalized spacial score (nSPS) is 16.0. The van der Waals surface area contributed by atoms with Gasteiger partial charge in [0.15, 0.2) is 0 Å². The SMILES string of the molecule is CN(Cc1ccccc1)c1ccc2c(c1)CC=c1c-2ccc2c1=CCCC2(C)C. The molecule has 146 valence electrons. The van der Waals surface area contributed by atoms with Gasteiger partial charge < -0.3 is 4.90 Å². The first kappa shape index (κ1) is 18.2. The van der Waals surface area contributed by atoms with Crippen LogP contribution in [0.3, 0.4) is 0 Å². The summed E-state index contributed by atoms with van der Waals surface area (Å²) in [7, 11) is 2.18. The van der Waals surface area contributed by atoms with Crippen molar-refractivity contribution in [1.82, 2.24) is 0 Å². The zero-order chi connectivity index (χ0) is 20.0. The third-order valence-corrected chi connectivity index (χ3v) is 6.74. The molecule has 0 heterocycles. The van der Waals surface area contributed by atoms with E-state index >= 15 is 0 Å². The van der Waals surface area contributed by atoms with Gasteiger partial charge in [0.05, 0.1) is 0 Å². The molecule has 29 heavy (non-hydrogen) atoms. The smallest absolute Gasteiger partial charge is 0.0426 e. The molecule has 0 spiro atoms. The van der Waals surface area contributed by atoms with Crippen LogP contribution in [0, 0.1) is 0 Å². The Morgan fingerprint density at radius 1 is 0.862 bits per heavy atom. The molecule has 0 saturated heterocycles. The topological polar surface area (TPSA) is 3.24 Å². The highest BCUT2D eigenvalue weighted by Crippen LogP contribution is 2.32. The monoisotopic (exact) mass is 379 g/mol. The molecule has 3 aromatic rings. The van der Waals surface area contributed by atoms with Crippen LogP contribution in [0.2, 0.25) is 0 Å². The van der Waals surface area contributed by atoms with Crippen LogP contribution in [-0.2, 0) is 18.4 Å². The Labute approximate surface area is 174 Å². The predicted molar refractivity (Wildman–Crippen MR) is 125 cm³/mol. The van der Waals surface area contributed by atoms with E-state index in [0.29, 0.717) is 0 Å². The molecule has 5 rings (SSSR count). The molecule has 0 fully saturated rings. The zero-order valence-electron chi connectivity index (χ0n) is 17.7. The van der Waals surface area contributed by atoms with Gasteiger partial charge in [-0.25, -0.2) is 0 Å². The standard InChI is InChI=1S/C28H29N/c1-28(2)17-7-10-26-25-13-11-21-18-22(29(3)19-20-8-5-4-6-9-20)12-14-23(21)24(25)15-16-27(26)28/h4-6,8-10,12-16,18H,7,11,17,19H2,1-3H3. The van der Waals surface area contributed by atoms with Crippen LogP contribution >= 0.6 is 0 Å². The van der Waals surface area contributed by atoms with Gasteiger partial charge in [0.1, 0.15) is 0 Å². The number of hydrogen-bond acceptors (Lipinski definition) is 1. The van der Waals surface area contributed by atoms with Crippen LogP contribution in [0.4, 0.5) is 5.69 Å². The maximum absolute atomic E-state index is 2.46. The van der Waals surface area contributed by atoms with Gasteiger partial charge in [-0.2, -0.15) is 0 Å². The molecule has 2 aliphatic carbocycles. The van der Waals surface area contributed by atoms with Crippen molar-refractivity contribution < 1.29 is 0 Å². The highest BCUT2D eigenvalue weighted by Gasteiger charge is 2.25. The van der Waals surface area contributed by atoms with Gasteiger partial charge in [-0.3, -0.25) is 0 Å². The molecule has 0 atom stereocenters. The fraction of sp³-hybridized carbons (Fsp3) is 0.286. The molecule has 1 nitrogen and oxygen atoms in total. The summed E-state index contributed by atoms with van der Waals surface area (Å²) in [5.74, 6) is 0. The molecule has 3 aromatic carbocycles. The first-order chi connectivity index (χ1) is 14.0. The number of benzene rings is 3. The first-order valence-corrected chi connectivity index (χ1v) is 10.8. The minimum atomic E-state index is 0.275. The van der Waals surface area contributed by atoms with Gasteiger partial charge in [-0.1, -0.05) is 74.5 Å². The van der Waals surface area contributed by atoms with Crippen molar-refractivity contribution in [3.05, 3.63) is 87.8 Å². The Hall–Kier alpha value is -2.80. The van der Waals surface area contributed by atoms with E-state index in [1.54, 1.807) is 0 Å². The summed E-state index contributed by atoms with van der Waals surface area (Å²) in [6, 6.07) is 22.4. The number of rotatable bonds is 3. The molecule has 0 aromatic heterocycles. The fourth-order valence-electron chi connectivity index (χ4n) is 5.02. The average molecular weight is 380 g/mol. The van der Waals surface area contributed by atoms with Crippen LogP contribution in [0.1, 0.15) is 43.4 Å². The highest BCUT2D eigenvalue weighted by atomic mass is 15.1. The molecular weight excluding hydrogens is 350 g/mol. The largest absolute Gasteiger partial charge is 0.370 e. The Bertz CT molecular complexity index is 1180. The van der Waals surface area contributed by atoms with E-state index in [-0.39, 0.29) is 5.41 Å². The fourth-order valence-corrected chi connectivity index (χ4v) is 5.02. The number of hydrogen-bond donors (Lipinski definition) is 0. The molecule has 0 aliphatic heterocycles. The first-order valence-electron chi connectivity index (χ1n) is 10.8. The number of nitrogens with zero attached hydrogens (tertiary/aromatic N) is 1. The van der Waals surface area contributed by atoms with Gasteiger partial charge in [0, 0.05) is 19.3 Å². The summed E-state index contributed by atoms with van der Waals surface area (Å²) < 4.78 is 0. The maximum Gasteiger partial charge on any atom is 0.0426 e. The summed E-state index contributed by atoms with van der Waals surface area (Å²) in [6.07, 6.45) is 8.35. The molecule has 1 heteroatoms. The minimum absolute atomic E-state index is 0.275. The summed E-state index contributed by atoms with van der Waals surface area (Å²) in [6.45, 7) is 5.70. The Kier molecular flexibility index (Phi) is 4.35. The van der Waals surface area contributed by atoms with Crippen molar-refractivity contribution in [2.75, 3.05) is 11.9 Å². The quantitative estimate of drug-likeness (QED) is 0.606. The van der Waals surface area contributed by atoms with E-state index in [0.717, 1.165) is 13.0 Å². The van der Waals surface area contributed by atoms with E-state index < -0.39 is 0 Å². The summed E-state index contributed by atoms with van der Waals surface area (Å²) in [5.41, 5.74) is 8.66. The van der Waals surface area contributed by atoms with Gasteiger partial charge in [0.25, 0.3) is 0 Å². The molecule has 0 unspecified atom stereocenters. The van der Waals surface area contributed by atoms with E-state index in [9.17, 15) is 0 Å². The minimum Gasteiger partial charge on any atom is -0.370 e. The highest BCUT2D eigenvalue weighted by molar-refractivity contribution is 5.76. The maximum atomic E-state index is 2.46. The Balaban J connectivity index is 1.52. The van der Waals surface area contributed by atoms with E-state index in [2.05, 4.69) is 98.6 Å². The van der Waals surface area contributed by atoms with Crippen molar-refractivity contribution in [2.45, 2.75) is 45.1 Å². The van der Waals surface area contributed by atoms with Gasteiger partial charge in [0.2, 0.25) is 0 Å². The molecule has 0 amide bonds. The second-order valence-electron chi connectivity index (χ2n) is 9.21. The average Bonchev–Trinajstić information content (AvgIpc) is 2.73. The lowest BCUT2D eigenvalue weighted by atomic mass is 9.74. The van der Waals surface area contributed by atoms with E-state index in [1.165, 1.54) is 56.8 Å². The molecule has 0 saturated carbocycles.